The average molecular weight is 749 g/mol. The minimum Gasteiger partial charge on any atom is -0.477 e. The van der Waals surface area contributed by atoms with E-state index in [1.807, 2.05) is 21.1 Å². The summed E-state index contributed by atoms with van der Waals surface area (Å²) < 4.78 is 22.6. The molecule has 0 saturated heterocycles. The number of ether oxygens (including phenoxy) is 4. The molecule has 306 valence electrons. The summed E-state index contributed by atoms with van der Waals surface area (Å²) in [4.78, 5) is 37.0. The molecule has 0 rings (SSSR count). The van der Waals surface area contributed by atoms with E-state index in [0.717, 1.165) is 89.9 Å². The molecule has 0 aromatic rings. The van der Waals surface area contributed by atoms with Gasteiger partial charge < -0.3 is 28.5 Å². The second-order valence-electron chi connectivity index (χ2n) is 14.9. The van der Waals surface area contributed by atoms with Crippen LogP contribution in [0.1, 0.15) is 155 Å². The summed E-state index contributed by atoms with van der Waals surface area (Å²) in [5.41, 5.74) is 0. The number of hydrogen-bond acceptors (Lipinski definition) is 7. The fourth-order valence-electron chi connectivity index (χ4n) is 5.31. The fourth-order valence-corrected chi connectivity index (χ4v) is 5.31. The van der Waals surface area contributed by atoms with E-state index in [1.165, 1.54) is 32.1 Å². The topological polar surface area (TPSA) is 108 Å². The van der Waals surface area contributed by atoms with E-state index in [9.17, 15) is 19.5 Å². The number of nitrogens with zero attached hydrogens (tertiary/aromatic N) is 1. The van der Waals surface area contributed by atoms with Crippen molar-refractivity contribution in [3.05, 3.63) is 48.6 Å². The van der Waals surface area contributed by atoms with Gasteiger partial charge in [0.05, 0.1) is 34.4 Å². The summed E-state index contributed by atoms with van der Waals surface area (Å²) in [7, 11) is 5.93. The van der Waals surface area contributed by atoms with E-state index >= 15 is 0 Å². The van der Waals surface area contributed by atoms with E-state index in [2.05, 4.69) is 62.5 Å². The maximum Gasteiger partial charge on any atom is 0.361 e. The normalized spacial score (nSPS) is 13.5. The first-order valence-corrected chi connectivity index (χ1v) is 20.8. The summed E-state index contributed by atoms with van der Waals surface area (Å²) >= 11 is 0. The number of carbonyl (C=O) groups is 3. The average Bonchev–Trinajstić information content (AvgIpc) is 3.11. The summed E-state index contributed by atoms with van der Waals surface area (Å²) in [6.07, 6.45) is 37.4. The van der Waals surface area contributed by atoms with Gasteiger partial charge in [0, 0.05) is 12.8 Å². The highest BCUT2D eigenvalue weighted by atomic mass is 16.7. The number of carboxylic acids is 1. The van der Waals surface area contributed by atoms with Gasteiger partial charge in [-0.25, -0.2) is 4.79 Å². The number of unbranched alkanes of at least 4 members (excludes halogenated alkanes) is 14. The molecule has 0 amide bonds. The number of likely N-dealkylation sites (N-methyl/N-ethyl adjacent to an activating group) is 1. The van der Waals surface area contributed by atoms with E-state index in [4.69, 9.17) is 18.9 Å². The lowest BCUT2D eigenvalue weighted by Crippen LogP contribution is -2.40. The molecule has 0 aliphatic heterocycles. The van der Waals surface area contributed by atoms with Gasteiger partial charge in [-0.05, 0) is 70.6 Å². The number of rotatable bonds is 37. The molecule has 0 bridgehead atoms. The van der Waals surface area contributed by atoms with Crippen molar-refractivity contribution >= 4 is 17.9 Å². The molecule has 9 heteroatoms. The van der Waals surface area contributed by atoms with Gasteiger partial charge >= 0.3 is 17.9 Å². The van der Waals surface area contributed by atoms with E-state index < -0.39 is 24.3 Å². The minimum atomic E-state index is -1.51. The molecule has 0 spiro atoms. The first kappa shape index (κ1) is 50.2. The molecule has 0 aliphatic carbocycles. The SMILES string of the molecule is CC/C=C\C/C=C\C/C=C\CCCCCCCC(=O)OC(COC(=O)CCCCCCC/C=C\CCCCCC)COC(OCC[N+](C)(C)C)C(=O)O. The highest BCUT2D eigenvalue weighted by Gasteiger charge is 2.25. The monoisotopic (exact) mass is 749 g/mol. The summed E-state index contributed by atoms with van der Waals surface area (Å²) in [5.74, 6) is -2.05. The number of esters is 2. The van der Waals surface area contributed by atoms with Gasteiger partial charge in [0.25, 0.3) is 6.29 Å². The van der Waals surface area contributed by atoms with Crippen LogP contribution in [0, 0.1) is 0 Å². The highest BCUT2D eigenvalue weighted by Crippen LogP contribution is 2.12. The van der Waals surface area contributed by atoms with Crippen molar-refractivity contribution in [1.82, 2.24) is 0 Å². The van der Waals surface area contributed by atoms with Crippen molar-refractivity contribution in [2.75, 3.05) is 47.5 Å². The van der Waals surface area contributed by atoms with Crippen LogP contribution < -0.4 is 0 Å². The molecule has 53 heavy (non-hydrogen) atoms. The van der Waals surface area contributed by atoms with Gasteiger partial charge in [-0.15, -0.1) is 0 Å². The predicted molar refractivity (Wildman–Crippen MR) is 217 cm³/mol. The summed E-state index contributed by atoms with van der Waals surface area (Å²) in [5, 5.41) is 9.61. The molecular formula is C44H78NO8+. The lowest BCUT2D eigenvalue weighted by molar-refractivity contribution is -0.870. The Bertz CT molecular complexity index is 1010. The Hall–Kier alpha value is -2.75. The third-order valence-electron chi connectivity index (χ3n) is 8.57. The van der Waals surface area contributed by atoms with Gasteiger partial charge in [-0.3, -0.25) is 9.59 Å². The second kappa shape index (κ2) is 36.2. The molecule has 2 atom stereocenters. The van der Waals surface area contributed by atoms with Crippen LogP contribution in [-0.2, 0) is 33.3 Å². The maximum atomic E-state index is 12.7. The Morgan fingerprint density at radius 2 is 1.08 bits per heavy atom. The third-order valence-corrected chi connectivity index (χ3v) is 8.57. The molecule has 0 aromatic heterocycles. The molecular weight excluding hydrogens is 670 g/mol. The summed E-state index contributed by atoms with van der Waals surface area (Å²) in [6.45, 7) is 4.69. The van der Waals surface area contributed by atoms with Gasteiger partial charge in [0.1, 0.15) is 13.2 Å². The Labute approximate surface area is 323 Å². The molecule has 9 nitrogen and oxygen atoms in total. The van der Waals surface area contributed by atoms with E-state index in [-0.39, 0.29) is 38.6 Å². The molecule has 0 aliphatic rings. The van der Waals surface area contributed by atoms with Crippen molar-refractivity contribution in [2.24, 2.45) is 0 Å². The zero-order valence-electron chi connectivity index (χ0n) is 34.4. The zero-order valence-corrected chi connectivity index (χ0v) is 34.4. The smallest absolute Gasteiger partial charge is 0.361 e. The zero-order chi connectivity index (χ0) is 39.3. The lowest BCUT2D eigenvalue weighted by atomic mass is 10.1. The first-order chi connectivity index (χ1) is 25.6. The Morgan fingerprint density at radius 1 is 0.585 bits per heavy atom. The molecule has 1 N–H and O–H groups in total. The van der Waals surface area contributed by atoms with Crippen LogP contribution in [0.25, 0.3) is 0 Å². The van der Waals surface area contributed by atoms with Crippen LogP contribution in [0.2, 0.25) is 0 Å². The fraction of sp³-hybridized carbons (Fsp3) is 0.750. The minimum absolute atomic E-state index is 0.181. The van der Waals surface area contributed by atoms with Crippen LogP contribution in [0.5, 0.6) is 0 Å². The first-order valence-electron chi connectivity index (χ1n) is 20.8. The quantitative estimate of drug-likeness (QED) is 0.0220. The van der Waals surface area contributed by atoms with Crippen molar-refractivity contribution in [3.8, 4) is 0 Å². The molecule has 0 heterocycles. The van der Waals surface area contributed by atoms with E-state index in [0.29, 0.717) is 17.4 Å². The van der Waals surface area contributed by atoms with E-state index in [1.54, 1.807) is 0 Å². The van der Waals surface area contributed by atoms with Crippen molar-refractivity contribution in [3.63, 3.8) is 0 Å². The van der Waals surface area contributed by atoms with Gasteiger partial charge in [0.2, 0.25) is 0 Å². The lowest BCUT2D eigenvalue weighted by Gasteiger charge is -2.25. The molecule has 0 saturated carbocycles. The Morgan fingerprint density at radius 3 is 1.62 bits per heavy atom. The number of hydrogen-bond donors (Lipinski definition) is 1. The Kier molecular flexibility index (Phi) is 34.4. The largest absolute Gasteiger partial charge is 0.477 e. The molecule has 2 unspecified atom stereocenters. The second-order valence-corrected chi connectivity index (χ2v) is 14.9. The third kappa shape index (κ3) is 37.4. The molecule has 0 radical (unpaired) electrons. The number of carbonyl (C=O) groups excluding carboxylic acids is 2. The van der Waals surface area contributed by atoms with Crippen LogP contribution in [-0.4, -0.2) is 87.4 Å². The van der Waals surface area contributed by atoms with Crippen molar-refractivity contribution in [1.29, 1.82) is 0 Å². The van der Waals surface area contributed by atoms with Gasteiger partial charge in [0.15, 0.2) is 6.10 Å². The predicted octanol–water partition coefficient (Wildman–Crippen LogP) is 10.4. The van der Waals surface area contributed by atoms with Crippen LogP contribution >= 0.6 is 0 Å². The van der Waals surface area contributed by atoms with Crippen LogP contribution in [0.3, 0.4) is 0 Å². The number of quaternary nitrogens is 1. The summed E-state index contributed by atoms with van der Waals surface area (Å²) in [6, 6.07) is 0. The molecule has 0 aromatic carbocycles. The van der Waals surface area contributed by atoms with Crippen molar-refractivity contribution < 1.29 is 42.9 Å². The van der Waals surface area contributed by atoms with Gasteiger partial charge in [-0.2, -0.15) is 0 Å². The Balaban J connectivity index is 4.54. The standard InChI is InChI=1S/C44H77NO8/c1-6-8-10-12-14-16-18-20-21-23-25-27-29-31-33-35-42(47)53-40(39-52-44(43(48)49)50-37-36-45(3,4)5)38-51-41(46)34-32-30-28-26-24-22-19-17-15-13-11-9-7-2/h8,10,14,16-17,19-21,40,44H,6-7,9,11-13,15,18,22-39H2,1-5H3/p+1/b10-8-,16-14-,19-17-,21-20-. The van der Waals surface area contributed by atoms with Crippen LogP contribution in [0.15, 0.2) is 48.6 Å². The number of allylic oxidation sites excluding steroid dienone is 8. The number of aliphatic carboxylic acids is 1. The van der Waals surface area contributed by atoms with Crippen molar-refractivity contribution in [2.45, 2.75) is 167 Å². The van der Waals surface area contributed by atoms with Gasteiger partial charge in [-0.1, -0.05) is 120 Å². The number of carboxylic acid groups (broad SMARTS) is 1. The highest BCUT2D eigenvalue weighted by molar-refractivity contribution is 5.71. The maximum absolute atomic E-state index is 12.7. The van der Waals surface area contributed by atoms with Crippen LogP contribution in [0.4, 0.5) is 0 Å². The molecule has 0 fully saturated rings.